The van der Waals surface area contributed by atoms with Gasteiger partial charge in [-0.3, -0.25) is 0 Å². The number of hydrogen-bond donors (Lipinski definition) is 1. The lowest BCUT2D eigenvalue weighted by Gasteiger charge is -2.21. The number of hydrogen-bond acceptors (Lipinski definition) is 1. The molecule has 0 saturated carbocycles. The van der Waals surface area contributed by atoms with E-state index in [4.69, 9.17) is 5.73 Å². The van der Waals surface area contributed by atoms with Crippen LogP contribution in [0.25, 0.3) is 0 Å². The number of rotatable bonds is 4. The maximum absolute atomic E-state index is 6.39. The summed E-state index contributed by atoms with van der Waals surface area (Å²) in [6, 6.07) is 19.1. The van der Waals surface area contributed by atoms with Crippen LogP contribution in [0.3, 0.4) is 0 Å². The molecule has 0 aromatic heterocycles. The average molecular weight is 239 g/mol. The summed E-state index contributed by atoms with van der Waals surface area (Å²) in [6.07, 6.45) is 1.06. The van der Waals surface area contributed by atoms with E-state index in [-0.39, 0.29) is 6.04 Å². The standard InChI is InChI=1S/C17H21N/c1-3-14-8-7-11-16(12-14)17(18)13(2)15-9-5-4-6-10-15/h4-13,17H,3,18H2,1-2H3. The molecule has 2 atom stereocenters. The van der Waals surface area contributed by atoms with E-state index in [0.717, 1.165) is 6.42 Å². The van der Waals surface area contributed by atoms with Gasteiger partial charge in [0.15, 0.2) is 0 Å². The van der Waals surface area contributed by atoms with Gasteiger partial charge in [-0.1, -0.05) is 68.4 Å². The first kappa shape index (κ1) is 12.8. The molecule has 1 heteroatoms. The molecular formula is C17H21N. The minimum absolute atomic E-state index is 0.0545. The van der Waals surface area contributed by atoms with Gasteiger partial charge < -0.3 is 5.73 Å². The molecule has 0 saturated heterocycles. The lowest BCUT2D eigenvalue weighted by molar-refractivity contribution is 0.597. The molecule has 0 aliphatic heterocycles. The highest BCUT2D eigenvalue weighted by Crippen LogP contribution is 2.28. The van der Waals surface area contributed by atoms with Gasteiger partial charge in [-0.25, -0.2) is 0 Å². The molecule has 0 radical (unpaired) electrons. The Morgan fingerprint density at radius 3 is 2.28 bits per heavy atom. The van der Waals surface area contributed by atoms with Gasteiger partial charge in [0.1, 0.15) is 0 Å². The van der Waals surface area contributed by atoms with Gasteiger partial charge in [-0.15, -0.1) is 0 Å². The molecule has 0 aliphatic carbocycles. The van der Waals surface area contributed by atoms with E-state index in [2.05, 4.69) is 62.4 Å². The van der Waals surface area contributed by atoms with Crippen LogP contribution in [-0.4, -0.2) is 0 Å². The van der Waals surface area contributed by atoms with Gasteiger partial charge in [0.25, 0.3) is 0 Å². The molecule has 18 heavy (non-hydrogen) atoms. The third-order valence-electron chi connectivity index (χ3n) is 3.61. The first-order chi connectivity index (χ1) is 8.72. The predicted octanol–water partition coefficient (Wildman–Crippen LogP) is 4.05. The van der Waals surface area contributed by atoms with E-state index in [1.54, 1.807) is 0 Å². The second kappa shape index (κ2) is 5.83. The van der Waals surface area contributed by atoms with Crippen LogP contribution in [0.4, 0.5) is 0 Å². The minimum atomic E-state index is 0.0545. The van der Waals surface area contributed by atoms with Gasteiger partial charge in [-0.05, 0) is 23.1 Å². The zero-order valence-electron chi connectivity index (χ0n) is 11.1. The normalized spacial score (nSPS) is 14.2. The Kier molecular flexibility index (Phi) is 4.16. The minimum Gasteiger partial charge on any atom is -0.323 e. The van der Waals surface area contributed by atoms with Crippen molar-refractivity contribution in [2.45, 2.75) is 32.2 Å². The van der Waals surface area contributed by atoms with Crippen molar-refractivity contribution >= 4 is 0 Å². The monoisotopic (exact) mass is 239 g/mol. The quantitative estimate of drug-likeness (QED) is 0.855. The zero-order chi connectivity index (χ0) is 13.0. The molecule has 0 aliphatic rings. The maximum Gasteiger partial charge on any atom is 0.0361 e. The molecular weight excluding hydrogens is 218 g/mol. The Labute approximate surface area is 110 Å². The van der Waals surface area contributed by atoms with Crippen molar-refractivity contribution < 1.29 is 0 Å². The van der Waals surface area contributed by atoms with Crippen LogP contribution in [0, 0.1) is 0 Å². The Morgan fingerprint density at radius 1 is 0.944 bits per heavy atom. The summed E-state index contributed by atoms with van der Waals surface area (Å²) in [4.78, 5) is 0. The first-order valence-electron chi connectivity index (χ1n) is 6.61. The number of benzene rings is 2. The van der Waals surface area contributed by atoms with Crippen LogP contribution in [0.1, 0.15) is 42.5 Å². The fourth-order valence-electron chi connectivity index (χ4n) is 2.27. The van der Waals surface area contributed by atoms with Crippen LogP contribution < -0.4 is 5.73 Å². The summed E-state index contributed by atoms with van der Waals surface area (Å²) in [5, 5.41) is 0. The molecule has 2 aromatic carbocycles. The molecule has 2 aromatic rings. The van der Waals surface area contributed by atoms with Crippen molar-refractivity contribution in [2.24, 2.45) is 5.73 Å². The Morgan fingerprint density at radius 2 is 1.61 bits per heavy atom. The lowest BCUT2D eigenvalue weighted by Crippen LogP contribution is -2.17. The number of nitrogens with two attached hydrogens (primary N) is 1. The van der Waals surface area contributed by atoms with E-state index in [9.17, 15) is 0 Å². The van der Waals surface area contributed by atoms with Crippen molar-refractivity contribution in [3.05, 3.63) is 71.3 Å². The largest absolute Gasteiger partial charge is 0.323 e. The van der Waals surface area contributed by atoms with Gasteiger partial charge in [0, 0.05) is 12.0 Å². The smallest absolute Gasteiger partial charge is 0.0361 e. The molecule has 0 fully saturated rings. The molecule has 0 heterocycles. The SMILES string of the molecule is CCc1cccc(C(N)C(C)c2ccccc2)c1. The number of aryl methyl sites for hydroxylation is 1. The molecule has 0 amide bonds. The van der Waals surface area contributed by atoms with Gasteiger partial charge in [0.05, 0.1) is 0 Å². The summed E-state index contributed by atoms with van der Waals surface area (Å²) < 4.78 is 0. The fraction of sp³-hybridized carbons (Fsp3) is 0.294. The van der Waals surface area contributed by atoms with Crippen molar-refractivity contribution in [3.63, 3.8) is 0 Å². The molecule has 2 rings (SSSR count). The summed E-state index contributed by atoms with van der Waals surface area (Å²) in [6.45, 7) is 4.36. The summed E-state index contributed by atoms with van der Waals surface area (Å²) in [7, 11) is 0. The molecule has 1 nitrogen and oxygen atoms in total. The molecule has 94 valence electrons. The molecule has 0 spiro atoms. The first-order valence-corrected chi connectivity index (χ1v) is 6.61. The summed E-state index contributed by atoms with van der Waals surface area (Å²) in [5.41, 5.74) is 10.3. The second-order valence-corrected chi connectivity index (χ2v) is 4.82. The van der Waals surface area contributed by atoms with Crippen LogP contribution in [0.5, 0.6) is 0 Å². The van der Waals surface area contributed by atoms with Gasteiger partial charge >= 0.3 is 0 Å². The van der Waals surface area contributed by atoms with Crippen LogP contribution in [0.15, 0.2) is 54.6 Å². The predicted molar refractivity (Wildman–Crippen MR) is 77.6 cm³/mol. The molecule has 0 bridgehead atoms. The Hall–Kier alpha value is -1.60. The van der Waals surface area contributed by atoms with Crippen molar-refractivity contribution in [3.8, 4) is 0 Å². The fourth-order valence-corrected chi connectivity index (χ4v) is 2.27. The van der Waals surface area contributed by atoms with Crippen LogP contribution in [-0.2, 0) is 6.42 Å². The Balaban J connectivity index is 2.22. The van der Waals surface area contributed by atoms with Gasteiger partial charge in [0.2, 0.25) is 0 Å². The third kappa shape index (κ3) is 2.80. The van der Waals surface area contributed by atoms with E-state index in [1.807, 2.05) is 6.07 Å². The highest BCUT2D eigenvalue weighted by Gasteiger charge is 2.16. The van der Waals surface area contributed by atoms with E-state index in [1.165, 1.54) is 16.7 Å². The highest BCUT2D eigenvalue weighted by atomic mass is 14.6. The third-order valence-corrected chi connectivity index (χ3v) is 3.61. The topological polar surface area (TPSA) is 26.0 Å². The van der Waals surface area contributed by atoms with Crippen LogP contribution >= 0.6 is 0 Å². The van der Waals surface area contributed by atoms with E-state index in [0.29, 0.717) is 5.92 Å². The van der Waals surface area contributed by atoms with Crippen molar-refractivity contribution in [1.29, 1.82) is 0 Å². The van der Waals surface area contributed by atoms with Crippen molar-refractivity contribution in [1.82, 2.24) is 0 Å². The summed E-state index contributed by atoms with van der Waals surface area (Å²) >= 11 is 0. The Bertz CT molecular complexity index is 490. The van der Waals surface area contributed by atoms with Gasteiger partial charge in [-0.2, -0.15) is 0 Å². The lowest BCUT2D eigenvalue weighted by atomic mass is 9.88. The zero-order valence-corrected chi connectivity index (χ0v) is 11.1. The molecule has 2 N–H and O–H groups in total. The average Bonchev–Trinajstić information content (AvgIpc) is 2.46. The highest BCUT2D eigenvalue weighted by molar-refractivity contribution is 5.30. The molecule has 2 unspecified atom stereocenters. The van der Waals surface area contributed by atoms with E-state index >= 15 is 0 Å². The summed E-state index contributed by atoms with van der Waals surface area (Å²) in [5.74, 6) is 0.332. The maximum atomic E-state index is 6.39. The second-order valence-electron chi connectivity index (χ2n) is 4.82. The van der Waals surface area contributed by atoms with E-state index < -0.39 is 0 Å². The van der Waals surface area contributed by atoms with Crippen LogP contribution in [0.2, 0.25) is 0 Å². The van der Waals surface area contributed by atoms with Crippen molar-refractivity contribution in [2.75, 3.05) is 0 Å².